The fraction of sp³-hybridized carbons (Fsp3) is 0.438. The molecule has 1 aromatic heterocycles. The Morgan fingerprint density at radius 3 is 2.47 bits per heavy atom. The molecule has 0 saturated carbocycles. The molecule has 19 heavy (non-hydrogen) atoms. The number of hydrogen-bond donors (Lipinski definition) is 1. The van der Waals surface area contributed by atoms with Gasteiger partial charge in [-0.15, -0.1) is 0 Å². The van der Waals surface area contributed by atoms with Crippen LogP contribution in [-0.2, 0) is 6.54 Å². The van der Waals surface area contributed by atoms with Gasteiger partial charge in [-0.1, -0.05) is 31.0 Å². The van der Waals surface area contributed by atoms with Gasteiger partial charge in [0.15, 0.2) is 0 Å². The summed E-state index contributed by atoms with van der Waals surface area (Å²) >= 11 is 0. The molecule has 0 aliphatic rings. The van der Waals surface area contributed by atoms with Gasteiger partial charge in [-0.3, -0.25) is 0 Å². The maximum Gasteiger partial charge on any atom is 0.207 e. The first kappa shape index (κ1) is 13.7. The van der Waals surface area contributed by atoms with E-state index in [-0.39, 0.29) is 0 Å². The highest BCUT2D eigenvalue weighted by molar-refractivity contribution is 5.63. The van der Waals surface area contributed by atoms with Gasteiger partial charge in [-0.05, 0) is 38.3 Å². The number of nitrogens with zero attached hydrogens (tertiary/aromatic N) is 2. The Kier molecular flexibility index (Phi) is 4.25. The summed E-state index contributed by atoms with van der Waals surface area (Å²) in [5.74, 6) is 0.934. The number of aromatic nitrogens is 2. The van der Waals surface area contributed by atoms with Crippen LogP contribution in [0.3, 0.4) is 0 Å². The lowest BCUT2D eigenvalue weighted by atomic mass is 10.1. The summed E-state index contributed by atoms with van der Waals surface area (Å²) < 4.78 is 2.18. The van der Waals surface area contributed by atoms with Crippen LogP contribution in [0.15, 0.2) is 24.5 Å². The fourth-order valence-corrected chi connectivity index (χ4v) is 2.43. The number of aryl methyl sites for hydroxylation is 4. The summed E-state index contributed by atoms with van der Waals surface area (Å²) in [6, 6.07) is 4.41. The van der Waals surface area contributed by atoms with Crippen LogP contribution in [0.4, 0.5) is 11.6 Å². The normalized spacial score (nSPS) is 10.7. The van der Waals surface area contributed by atoms with Crippen LogP contribution >= 0.6 is 0 Å². The second kappa shape index (κ2) is 5.91. The number of nitrogens with one attached hydrogen (secondary N) is 1. The predicted molar refractivity (Wildman–Crippen MR) is 81.1 cm³/mol. The number of hydrogen-bond acceptors (Lipinski definition) is 2. The third-order valence-corrected chi connectivity index (χ3v) is 3.38. The number of imidazole rings is 1. The molecule has 0 aliphatic carbocycles. The first-order valence-corrected chi connectivity index (χ1v) is 6.97. The van der Waals surface area contributed by atoms with Gasteiger partial charge in [0, 0.05) is 24.6 Å². The van der Waals surface area contributed by atoms with Crippen molar-refractivity contribution >= 4 is 11.6 Å². The van der Waals surface area contributed by atoms with Crippen LogP contribution in [0.2, 0.25) is 0 Å². The minimum atomic E-state index is 0.934. The molecule has 0 fully saturated rings. The number of benzene rings is 1. The minimum absolute atomic E-state index is 0.934. The van der Waals surface area contributed by atoms with E-state index in [1.54, 1.807) is 0 Å². The summed E-state index contributed by atoms with van der Waals surface area (Å²) in [6.45, 7) is 9.64. The monoisotopic (exact) mass is 257 g/mol. The van der Waals surface area contributed by atoms with Crippen molar-refractivity contribution in [2.24, 2.45) is 0 Å². The lowest BCUT2D eigenvalue weighted by molar-refractivity contribution is 0.638. The fourth-order valence-electron chi connectivity index (χ4n) is 2.43. The van der Waals surface area contributed by atoms with Gasteiger partial charge in [-0.2, -0.15) is 0 Å². The second-order valence-corrected chi connectivity index (χ2v) is 5.20. The molecule has 0 bridgehead atoms. The van der Waals surface area contributed by atoms with Crippen molar-refractivity contribution in [3.63, 3.8) is 0 Å². The number of rotatable bonds is 5. The van der Waals surface area contributed by atoms with Crippen LogP contribution in [0.1, 0.15) is 36.5 Å². The molecule has 1 N–H and O–H groups in total. The molecule has 3 heteroatoms. The van der Waals surface area contributed by atoms with E-state index in [9.17, 15) is 0 Å². The van der Waals surface area contributed by atoms with Crippen molar-refractivity contribution in [3.05, 3.63) is 41.2 Å². The highest BCUT2D eigenvalue weighted by atomic mass is 15.2. The molecular weight excluding hydrogens is 234 g/mol. The van der Waals surface area contributed by atoms with Crippen LogP contribution in [0.5, 0.6) is 0 Å². The Balaban J connectivity index is 2.24. The molecule has 1 heterocycles. The van der Waals surface area contributed by atoms with Crippen molar-refractivity contribution in [1.82, 2.24) is 9.55 Å². The standard InChI is InChI=1S/C16H23N3/c1-5-6-8-19-9-7-17-16(19)18-15-13(3)10-12(2)11-14(15)4/h7,9-11H,5-6,8H2,1-4H3,(H,17,18). The number of unbranched alkanes of at least 4 members (excludes halogenated alkanes) is 1. The maximum atomic E-state index is 4.42. The van der Waals surface area contributed by atoms with Crippen molar-refractivity contribution in [2.75, 3.05) is 5.32 Å². The average Bonchev–Trinajstić information content (AvgIpc) is 2.78. The van der Waals surface area contributed by atoms with Gasteiger partial charge >= 0.3 is 0 Å². The predicted octanol–water partition coefficient (Wildman–Crippen LogP) is 4.35. The zero-order valence-electron chi connectivity index (χ0n) is 12.3. The van der Waals surface area contributed by atoms with E-state index in [0.29, 0.717) is 0 Å². The molecule has 0 unspecified atom stereocenters. The quantitative estimate of drug-likeness (QED) is 0.863. The zero-order chi connectivity index (χ0) is 13.8. The SMILES string of the molecule is CCCCn1ccnc1Nc1c(C)cc(C)cc1C. The van der Waals surface area contributed by atoms with E-state index in [1.807, 2.05) is 12.4 Å². The molecule has 2 aromatic rings. The maximum absolute atomic E-state index is 4.42. The van der Waals surface area contributed by atoms with E-state index in [4.69, 9.17) is 0 Å². The van der Waals surface area contributed by atoms with Gasteiger partial charge < -0.3 is 9.88 Å². The summed E-state index contributed by atoms with van der Waals surface area (Å²) in [4.78, 5) is 4.42. The molecule has 3 nitrogen and oxygen atoms in total. The van der Waals surface area contributed by atoms with Crippen molar-refractivity contribution in [1.29, 1.82) is 0 Å². The van der Waals surface area contributed by atoms with Crippen molar-refractivity contribution in [3.8, 4) is 0 Å². The second-order valence-electron chi connectivity index (χ2n) is 5.20. The molecule has 0 amide bonds. The Labute approximate surface area is 115 Å². The Hall–Kier alpha value is -1.77. The van der Waals surface area contributed by atoms with Gasteiger partial charge in [0.2, 0.25) is 5.95 Å². The van der Waals surface area contributed by atoms with E-state index in [1.165, 1.54) is 35.2 Å². The van der Waals surface area contributed by atoms with Crippen LogP contribution < -0.4 is 5.32 Å². The van der Waals surface area contributed by atoms with Crippen molar-refractivity contribution in [2.45, 2.75) is 47.1 Å². The lowest BCUT2D eigenvalue weighted by Crippen LogP contribution is -2.05. The smallest absolute Gasteiger partial charge is 0.207 e. The third-order valence-electron chi connectivity index (χ3n) is 3.38. The summed E-state index contributed by atoms with van der Waals surface area (Å²) in [6.07, 6.45) is 6.27. The molecule has 102 valence electrons. The Morgan fingerprint density at radius 2 is 1.84 bits per heavy atom. The summed E-state index contributed by atoms with van der Waals surface area (Å²) in [5, 5.41) is 3.48. The van der Waals surface area contributed by atoms with Gasteiger partial charge in [-0.25, -0.2) is 4.98 Å². The largest absolute Gasteiger partial charge is 0.325 e. The zero-order valence-corrected chi connectivity index (χ0v) is 12.3. The molecule has 0 aliphatic heterocycles. The average molecular weight is 257 g/mol. The van der Waals surface area contributed by atoms with E-state index >= 15 is 0 Å². The van der Waals surface area contributed by atoms with E-state index in [0.717, 1.165) is 12.5 Å². The lowest BCUT2D eigenvalue weighted by Gasteiger charge is -2.14. The number of anilines is 2. The van der Waals surface area contributed by atoms with Crippen LogP contribution in [-0.4, -0.2) is 9.55 Å². The molecule has 0 radical (unpaired) electrons. The summed E-state index contributed by atoms with van der Waals surface area (Å²) in [7, 11) is 0. The Bertz CT molecular complexity index is 532. The summed E-state index contributed by atoms with van der Waals surface area (Å²) in [5.41, 5.74) is 5.01. The molecule has 1 aromatic carbocycles. The molecular formula is C16H23N3. The van der Waals surface area contributed by atoms with Crippen molar-refractivity contribution < 1.29 is 0 Å². The van der Waals surface area contributed by atoms with E-state index in [2.05, 4.69) is 54.7 Å². The van der Waals surface area contributed by atoms with Gasteiger partial charge in [0.1, 0.15) is 0 Å². The third kappa shape index (κ3) is 3.16. The van der Waals surface area contributed by atoms with Crippen LogP contribution in [0.25, 0.3) is 0 Å². The van der Waals surface area contributed by atoms with Crippen LogP contribution in [0, 0.1) is 20.8 Å². The van der Waals surface area contributed by atoms with E-state index < -0.39 is 0 Å². The first-order chi connectivity index (χ1) is 9.11. The van der Waals surface area contributed by atoms with Gasteiger partial charge in [0.25, 0.3) is 0 Å². The van der Waals surface area contributed by atoms with Gasteiger partial charge in [0.05, 0.1) is 0 Å². The highest BCUT2D eigenvalue weighted by Gasteiger charge is 2.07. The molecule has 0 saturated heterocycles. The first-order valence-electron chi connectivity index (χ1n) is 6.97. The highest BCUT2D eigenvalue weighted by Crippen LogP contribution is 2.25. The Morgan fingerprint density at radius 1 is 1.16 bits per heavy atom. The molecule has 2 rings (SSSR count). The molecule has 0 atom stereocenters. The minimum Gasteiger partial charge on any atom is -0.325 e. The topological polar surface area (TPSA) is 29.9 Å². The molecule has 0 spiro atoms.